The van der Waals surface area contributed by atoms with E-state index in [2.05, 4.69) is 31.4 Å². The van der Waals surface area contributed by atoms with E-state index in [4.69, 9.17) is 21.1 Å². The van der Waals surface area contributed by atoms with E-state index < -0.39 is 6.10 Å². The normalized spacial score (nSPS) is 15.8. The minimum Gasteiger partial charge on any atom is -0.492 e. The van der Waals surface area contributed by atoms with E-state index in [9.17, 15) is 9.59 Å². The van der Waals surface area contributed by atoms with E-state index in [1.165, 1.54) is 11.3 Å². The Balaban J connectivity index is 1.62. The average molecular weight is 555 g/mol. The Kier molecular flexibility index (Phi) is 8.68. The summed E-state index contributed by atoms with van der Waals surface area (Å²) < 4.78 is 11.5. The highest BCUT2D eigenvalue weighted by Gasteiger charge is 2.34. The van der Waals surface area contributed by atoms with Crippen LogP contribution in [0.2, 0.25) is 5.02 Å². The number of rotatable bonds is 8. The largest absolute Gasteiger partial charge is 0.492 e. The summed E-state index contributed by atoms with van der Waals surface area (Å²) in [5.74, 6) is 1.01. The second-order valence-electron chi connectivity index (χ2n) is 10.6. The van der Waals surface area contributed by atoms with Gasteiger partial charge in [0.1, 0.15) is 16.5 Å². The predicted molar refractivity (Wildman–Crippen MR) is 155 cm³/mol. The summed E-state index contributed by atoms with van der Waals surface area (Å²) in [4.78, 5) is 28.1. The Labute approximate surface area is 233 Å². The number of benzene rings is 2. The maximum atomic E-state index is 13.7. The van der Waals surface area contributed by atoms with Gasteiger partial charge in [-0.1, -0.05) is 50.6 Å². The molecule has 2 amide bonds. The van der Waals surface area contributed by atoms with E-state index in [0.29, 0.717) is 45.3 Å². The van der Waals surface area contributed by atoms with Crippen molar-refractivity contribution < 1.29 is 19.1 Å². The molecule has 6 nitrogen and oxygen atoms in total. The highest BCUT2D eigenvalue weighted by atomic mass is 35.5. The quantitative estimate of drug-likeness (QED) is 0.300. The van der Waals surface area contributed by atoms with Gasteiger partial charge >= 0.3 is 0 Å². The zero-order chi connectivity index (χ0) is 27.4. The van der Waals surface area contributed by atoms with Crippen molar-refractivity contribution in [3.05, 3.63) is 69.6 Å². The number of ether oxygens (including phenoxy) is 2. The number of hydrogen-bond acceptors (Lipinski definition) is 5. The van der Waals surface area contributed by atoms with Crippen molar-refractivity contribution >= 4 is 45.4 Å². The van der Waals surface area contributed by atoms with Crippen LogP contribution in [-0.4, -0.2) is 24.5 Å². The van der Waals surface area contributed by atoms with Crippen LogP contribution in [0.4, 0.5) is 10.7 Å². The Morgan fingerprint density at radius 3 is 2.61 bits per heavy atom. The van der Waals surface area contributed by atoms with Crippen LogP contribution in [-0.2, 0) is 17.6 Å². The van der Waals surface area contributed by atoms with Crippen LogP contribution in [0.1, 0.15) is 61.8 Å². The first-order valence-corrected chi connectivity index (χ1v) is 14.2. The van der Waals surface area contributed by atoms with E-state index in [0.717, 1.165) is 29.7 Å². The molecule has 0 aliphatic heterocycles. The molecule has 0 spiro atoms. The van der Waals surface area contributed by atoms with Crippen LogP contribution in [0, 0.1) is 11.3 Å². The van der Waals surface area contributed by atoms with Crippen LogP contribution in [0.15, 0.2) is 48.5 Å². The van der Waals surface area contributed by atoms with E-state index in [1.807, 2.05) is 31.2 Å². The Hall–Kier alpha value is -3.03. The molecule has 1 heterocycles. The van der Waals surface area contributed by atoms with Crippen LogP contribution < -0.4 is 20.1 Å². The lowest BCUT2D eigenvalue weighted by atomic mass is 9.72. The Morgan fingerprint density at radius 2 is 1.89 bits per heavy atom. The molecule has 1 aliphatic rings. The number of para-hydroxylation sites is 2. The second kappa shape index (κ2) is 11.8. The number of thiophene rings is 1. The molecular formula is C30H35ClN2O4S. The average Bonchev–Trinajstić information content (AvgIpc) is 3.22. The number of fused-ring (bicyclic) bond motifs is 1. The molecule has 2 unspecified atom stereocenters. The molecule has 2 atom stereocenters. The fourth-order valence-corrected chi connectivity index (χ4v) is 6.21. The van der Waals surface area contributed by atoms with Gasteiger partial charge in [-0.3, -0.25) is 9.59 Å². The van der Waals surface area contributed by atoms with Gasteiger partial charge < -0.3 is 20.1 Å². The molecule has 0 saturated heterocycles. The molecule has 0 fully saturated rings. The molecule has 3 aromatic rings. The van der Waals surface area contributed by atoms with Gasteiger partial charge in [0.2, 0.25) is 0 Å². The summed E-state index contributed by atoms with van der Waals surface area (Å²) in [7, 11) is 0. The van der Waals surface area contributed by atoms with E-state index in [1.54, 1.807) is 31.2 Å². The fraction of sp³-hybridized carbons (Fsp3) is 0.400. The smallest absolute Gasteiger partial charge is 0.265 e. The number of amides is 2. The molecule has 0 radical (unpaired) electrons. The highest BCUT2D eigenvalue weighted by molar-refractivity contribution is 7.17. The first-order valence-electron chi connectivity index (χ1n) is 13.0. The van der Waals surface area contributed by atoms with E-state index in [-0.39, 0.29) is 17.2 Å². The fourth-order valence-electron chi connectivity index (χ4n) is 4.70. The molecule has 0 bridgehead atoms. The maximum absolute atomic E-state index is 13.7. The monoisotopic (exact) mass is 554 g/mol. The van der Waals surface area contributed by atoms with Crippen molar-refractivity contribution in [3.8, 4) is 11.5 Å². The number of hydrogen-bond donors (Lipinski definition) is 2. The minimum atomic E-state index is -0.787. The topological polar surface area (TPSA) is 76.7 Å². The molecule has 38 heavy (non-hydrogen) atoms. The zero-order valence-electron chi connectivity index (χ0n) is 22.5. The van der Waals surface area contributed by atoms with Crippen molar-refractivity contribution in [2.24, 2.45) is 11.3 Å². The molecule has 8 heteroatoms. The van der Waals surface area contributed by atoms with Crippen LogP contribution >= 0.6 is 22.9 Å². The number of anilines is 2. The van der Waals surface area contributed by atoms with E-state index >= 15 is 0 Å². The van der Waals surface area contributed by atoms with Crippen molar-refractivity contribution in [2.75, 3.05) is 17.2 Å². The molecule has 1 aliphatic carbocycles. The maximum Gasteiger partial charge on any atom is 0.265 e. The van der Waals surface area contributed by atoms with Gasteiger partial charge in [-0.15, -0.1) is 11.3 Å². The van der Waals surface area contributed by atoms with Crippen LogP contribution in [0.25, 0.3) is 0 Å². The number of halogens is 1. The minimum absolute atomic E-state index is 0.156. The molecular weight excluding hydrogens is 520 g/mol. The van der Waals surface area contributed by atoms with Gasteiger partial charge in [-0.2, -0.15) is 0 Å². The molecule has 1 aromatic heterocycles. The van der Waals surface area contributed by atoms with Gasteiger partial charge in [0, 0.05) is 9.90 Å². The lowest BCUT2D eigenvalue weighted by Crippen LogP contribution is -2.30. The third kappa shape index (κ3) is 6.51. The van der Waals surface area contributed by atoms with Gasteiger partial charge in [-0.25, -0.2) is 0 Å². The summed E-state index contributed by atoms with van der Waals surface area (Å²) in [6.07, 6.45) is 1.87. The number of carbonyl (C=O) groups is 2. The number of nitrogens with one attached hydrogen (secondary N) is 2. The summed E-state index contributed by atoms with van der Waals surface area (Å²) >= 11 is 7.55. The molecule has 2 N–H and O–H groups in total. The van der Waals surface area contributed by atoms with Crippen LogP contribution in [0.5, 0.6) is 11.5 Å². The highest BCUT2D eigenvalue weighted by Crippen LogP contribution is 2.44. The number of carbonyl (C=O) groups excluding carboxylic acids is 2. The van der Waals surface area contributed by atoms with Gasteiger partial charge in [0.15, 0.2) is 6.10 Å². The molecule has 0 saturated carbocycles. The predicted octanol–water partition coefficient (Wildman–Crippen LogP) is 7.61. The summed E-state index contributed by atoms with van der Waals surface area (Å²) in [5, 5.41) is 7.09. The molecule has 4 rings (SSSR count). The lowest BCUT2D eigenvalue weighted by molar-refractivity contribution is -0.122. The van der Waals surface area contributed by atoms with Gasteiger partial charge in [-0.05, 0) is 80.3 Å². The lowest BCUT2D eigenvalue weighted by Gasteiger charge is -2.33. The van der Waals surface area contributed by atoms with Crippen molar-refractivity contribution in [3.63, 3.8) is 0 Å². The molecule has 202 valence electrons. The third-order valence-corrected chi connectivity index (χ3v) is 8.27. The first kappa shape index (κ1) is 28.0. The second-order valence-corrected chi connectivity index (χ2v) is 12.1. The van der Waals surface area contributed by atoms with Crippen molar-refractivity contribution in [1.82, 2.24) is 0 Å². The zero-order valence-corrected chi connectivity index (χ0v) is 24.1. The standard InChI is InChI=1S/C30H35ClN2O4S/c1-6-36-24-13-8-7-12-23(24)32-28(35)26-22-15-14-19(30(3,4)5)16-25(22)38-29(26)33-27(34)18(2)37-21-11-9-10-20(31)17-21/h7-13,17-19H,6,14-16H2,1-5H3,(H,32,35)(H,33,34). The SMILES string of the molecule is CCOc1ccccc1NC(=O)c1c(NC(=O)C(C)Oc2cccc(Cl)c2)sc2c1CCC(C(C)(C)C)C2. The van der Waals surface area contributed by atoms with Gasteiger partial charge in [0.25, 0.3) is 11.8 Å². The third-order valence-electron chi connectivity index (χ3n) is 6.87. The van der Waals surface area contributed by atoms with Gasteiger partial charge in [0.05, 0.1) is 17.9 Å². The van der Waals surface area contributed by atoms with Crippen LogP contribution in [0.3, 0.4) is 0 Å². The van der Waals surface area contributed by atoms with Crippen molar-refractivity contribution in [1.29, 1.82) is 0 Å². The summed E-state index contributed by atoms with van der Waals surface area (Å²) in [6, 6.07) is 14.3. The Morgan fingerprint density at radius 1 is 1.13 bits per heavy atom. The van der Waals surface area contributed by atoms with Crippen molar-refractivity contribution in [2.45, 2.75) is 60.0 Å². The summed E-state index contributed by atoms with van der Waals surface area (Å²) in [5.41, 5.74) is 2.29. The first-order chi connectivity index (χ1) is 18.1. The molecule has 2 aromatic carbocycles. The Bertz CT molecular complexity index is 1310. The summed E-state index contributed by atoms with van der Waals surface area (Å²) in [6.45, 7) is 10.8.